The van der Waals surface area contributed by atoms with Gasteiger partial charge in [0.2, 0.25) is 0 Å². The summed E-state index contributed by atoms with van der Waals surface area (Å²) in [7, 11) is 0. The number of hydrogen-bond donors (Lipinski definition) is 2. The minimum absolute atomic E-state index is 0.000444. The third-order valence-corrected chi connectivity index (χ3v) is 3.33. The molecule has 2 N–H and O–H groups in total. The highest BCUT2D eigenvalue weighted by Gasteiger charge is 2.23. The van der Waals surface area contributed by atoms with Crippen molar-refractivity contribution in [3.05, 3.63) is 47.4 Å². The third kappa shape index (κ3) is 3.76. The van der Waals surface area contributed by atoms with Crippen LogP contribution in [0.2, 0.25) is 0 Å². The molecule has 108 valence electrons. The zero-order valence-electron chi connectivity index (χ0n) is 11.8. The van der Waals surface area contributed by atoms with Crippen LogP contribution in [0.15, 0.2) is 47.4 Å². The number of rotatable bonds is 7. The van der Waals surface area contributed by atoms with E-state index in [1.165, 1.54) is 0 Å². The summed E-state index contributed by atoms with van der Waals surface area (Å²) < 4.78 is 5.94. The van der Waals surface area contributed by atoms with Gasteiger partial charge < -0.3 is 15.2 Å². The zero-order chi connectivity index (χ0) is 14.4. The molecule has 0 aromatic heterocycles. The summed E-state index contributed by atoms with van der Waals surface area (Å²) in [6, 6.07) is 0. The fraction of sp³-hybridized carbons (Fsp3) is 0.438. The van der Waals surface area contributed by atoms with Crippen LogP contribution in [0.25, 0.3) is 0 Å². The summed E-state index contributed by atoms with van der Waals surface area (Å²) in [6.07, 6.45) is 13.0. The van der Waals surface area contributed by atoms with Gasteiger partial charge in [0, 0.05) is 25.0 Å². The van der Waals surface area contributed by atoms with Gasteiger partial charge in [0.1, 0.15) is 11.9 Å². The highest BCUT2D eigenvalue weighted by atomic mass is 16.5. The van der Waals surface area contributed by atoms with Gasteiger partial charge in [0.05, 0.1) is 5.70 Å². The Labute approximate surface area is 119 Å². The van der Waals surface area contributed by atoms with Gasteiger partial charge >= 0.3 is 5.97 Å². The molecule has 2 rings (SSSR count). The van der Waals surface area contributed by atoms with Crippen molar-refractivity contribution in [3.63, 3.8) is 0 Å². The molecular weight excluding hydrogens is 254 g/mol. The molecule has 0 radical (unpaired) electrons. The van der Waals surface area contributed by atoms with Gasteiger partial charge in [0.15, 0.2) is 0 Å². The number of unbranched alkanes of at least 4 members (excludes halogenated alkanes) is 1. The van der Waals surface area contributed by atoms with Gasteiger partial charge in [-0.2, -0.15) is 0 Å². The summed E-state index contributed by atoms with van der Waals surface area (Å²) in [4.78, 5) is 11.1. The van der Waals surface area contributed by atoms with E-state index in [0.29, 0.717) is 12.0 Å². The highest BCUT2D eigenvalue weighted by Crippen LogP contribution is 2.27. The van der Waals surface area contributed by atoms with Gasteiger partial charge in [-0.15, -0.1) is 0 Å². The standard InChI is InChI=1S/C16H21NO3/c1-2-3-9-17-14-10-12(16(18)19)11-15(14)20-13-7-5-4-6-8-13/h4-7,10,13,17H,2-3,8-9,11H2,1H3,(H,18,19). The molecule has 0 aliphatic heterocycles. The molecule has 0 aromatic rings. The van der Waals surface area contributed by atoms with Gasteiger partial charge in [-0.3, -0.25) is 0 Å². The van der Waals surface area contributed by atoms with Crippen LogP contribution in [-0.4, -0.2) is 23.7 Å². The first-order valence-electron chi connectivity index (χ1n) is 7.11. The largest absolute Gasteiger partial charge is 0.488 e. The molecule has 20 heavy (non-hydrogen) atoms. The fourth-order valence-electron chi connectivity index (χ4n) is 2.19. The summed E-state index contributed by atoms with van der Waals surface area (Å²) in [5.74, 6) is -0.138. The first-order valence-corrected chi connectivity index (χ1v) is 7.11. The molecular formula is C16H21NO3. The predicted octanol–water partition coefficient (Wildman–Crippen LogP) is 2.90. The first-order chi connectivity index (χ1) is 9.70. The maximum atomic E-state index is 11.1. The smallest absolute Gasteiger partial charge is 0.332 e. The molecule has 2 aliphatic carbocycles. The zero-order valence-corrected chi connectivity index (χ0v) is 11.8. The Morgan fingerprint density at radius 1 is 1.50 bits per heavy atom. The number of nitrogens with one attached hydrogen (secondary N) is 1. The van der Waals surface area contributed by atoms with Crippen LogP contribution < -0.4 is 5.32 Å². The van der Waals surface area contributed by atoms with Crippen molar-refractivity contribution >= 4 is 5.97 Å². The lowest BCUT2D eigenvalue weighted by molar-refractivity contribution is -0.132. The molecule has 0 spiro atoms. The first kappa shape index (κ1) is 14.4. The fourth-order valence-corrected chi connectivity index (χ4v) is 2.19. The topological polar surface area (TPSA) is 58.6 Å². The molecule has 4 nitrogen and oxygen atoms in total. The van der Waals surface area contributed by atoms with Crippen molar-refractivity contribution in [1.29, 1.82) is 0 Å². The lowest BCUT2D eigenvalue weighted by Crippen LogP contribution is -2.17. The van der Waals surface area contributed by atoms with Gasteiger partial charge in [0.25, 0.3) is 0 Å². The van der Waals surface area contributed by atoms with E-state index in [1.807, 2.05) is 18.2 Å². The predicted molar refractivity (Wildman–Crippen MR) is 78.0 cm³/mol. The number of aliphatic carboxylic acids is 1. The van der Waals surface area contributed by atoms with Crippen molar-refractivity contribution < 1.29 is 14.6 Å². The second-order valence-corrected chi connectivity index (χ2v) is 4.97. The van der Waals surface area contributed by atoms with Crippen LogP contribution in [0.5, 0.6) is 0 Å². The van der Waals surface area contributed by atoms with E-state index >= 15 is 0 Å². The number of carboxylic acids is 1. The normalized spacial score (nSPS) is 21.1. The molecule has 0 amide bonds. The Morgan fingerprint density at radius 2 is 2.35 bits per heavy atom. The number of hydrogen-bond acceptors (Lipinski definition) is 3. The minimum Gasteiger partial charge on any atom is -0.488 e. The van der Waals surface area contributed by atoms with E-state index in [9.17, 15) is 4.79 Å². The Hall–Kier alpha value is -1.97. The quantitative estimate of drug-likeness (QED) is 0.701. The van der Waals surface area contributed by atoms with Gasteiger partial charge in [-0.05, 0) is 18.6 Å². The van der Waals surface area contributed by atoms with Crippen molar-refractivity contribution in [2.45, 2.75) is 38.7 Å². The van der Waals surface area contributed by atoms with Gasteiger partial charge in [-0.25, -0.2) is 4.79 Å². The molecule has 2 aliphatic rings. The van der Waals surface area contributed by atoms with E-state index in [-0.39, 0.29) is 6.10 Å². The monoisotopic (exact) mass is 275 g/mol. The van der Waals surface area contributed by atoms with Crippen LogP contribution in [0.4, 0.5) is 0 Å². The highest BCUT2D eigenvalue weighted by molar-refractivity contribution is 5.88. The van der Waals surface area contributed by atoms with E-state index < -0.39 is 5.97 Å². The van der Waals surface area contributed by atoms with Crippen LogP contribution in [-0.2, 0) is 9.53 Å². The van der Waals surface area contributed by atoms with Crippen molar-refractivity contribution in [3.8, 4) is 0 Å². The lowest BCUT2D eigenvalue weighted by atomic mass is 10.1. The van der Waals surface area contributed by atoms with Crippen LogP contribution >= 0.6 is 0 Å². The van der Waals surface area contributed by atoms with E-state index in [2.05, 4.69) is 18.3 Å². The summed E-state index contributed by atoms with van der Waals surface area (Å²) in [5.41, 5.74) is 1.20. The minimum atomic E-state index is -0.877. The maximum Gasteiger partial charge on any atom is 0.332 e. The van der Waals surface area contributed by atoms with Crippen LogP contribution in [0, 0.1) is 0 Å². The molecule has 0 saturated heterocycles. The molecule has 0 fully saturated rings. The van der Waals surface area contributed by atoms with Crippen LogP contribution in [0.1, 0.15) is 32.6 Å². The summed E-state index contributed by atoms with van der Waals surface area (Å²) in [5, 5.41) is 12.4. The number of carbonyl (C=O) groups is 1. The molecule has 0 aromatic carbocycles. The molecule has 0 bridgehead atoms. The van der Waals surface area contributed by atoms with Crippen molar-refractivity contribution in [2.24, 2.45) is 0 Å². The van der Waals surface area contributed by atoms with Crippen molar-refractivity contribution in [2.75, 3.05) is 6.54 Å². The second kappa shape index (κ2) is 6.98. The number of ether oxygens (including phenoxy) is 1. The molecule has 0 saturated carbocycles. The Kier molecular flexibility index (Phi) is 5.04. The number of allylic oxidation sites excluding steroid dienone is 4. The van der Waals surface area contributed by atoms with E-state index in [4.69, 9.17) is 9.84 Å². The molecule has 4 heteroatoms. The molecule has 0 heterocycles. The Bertz CT molecular complexity index is 486. The third-order valence-electron chi connectivity index (χ3n) is 3.33. The molecule has 1 unspecified atom stereocenters. The van der Waals surface area contributed by atoms with Crippen molar-refractivity contribution in [1.82, 2.24) is 5.32 Å². The maximum absolute atomic E-state index is 11.1. The summed E-state index contributed by atoms with van der Waals surface area (Å²) in [6.45, 7) is 2.96. The Balaban J connectivity index is 2.02. The summed E-state index contributed by atoms with van der Waals surface area (Å²) >= 11 is 0. The number of carboxylic acid groups (broad SMARTS) is 1. The van der Waals surface area contributed by atoms with Gasteiger partial charge in [-0.1, -0.05) is 31.6 Å². The Morgan fingerprint density at radius 3 is 3.00 bits per heavy atom. The van der Waals surface area contributed by atoms with Crippen LogP contribution in [0.3, 0.4) is 0 Å². The van der Waals surface area contributed by atoms with E-state index in [0.717, 1.165) is 37.3 Å². The lowest BCUT2D eigenvalue weighted by Gasteiger charge is -2.18. The SMILES string of the molecule is CCCCNC1=C(OC2C=CC=CC2)CC(C(=O)O)=C1. The average molecular weight is 275 g/mol. The second-order valence-electron chi connectivity index (χ2n) is 4.97. The molecule has 1 atom stereocenters. The van der Waals surface area contributed by atoms with E-state index in [1.54, 1.807) is 6.08 Å². The average Bonchev–Trinajstić information content (AvgIpc) is 2.84.